The lowest BCUT2D eigenvalue weighted by molar-refractivity contribution is -0.384. The number of carbonyl (C=O) groups is 1. The molecule has 1 amide bonds. The molecular weight excluding hydrogens is 310 g/mol. The molecule has 0 aliphatic rings. The van der Waals surface area contributed by atoms with Crippen molar-refractivity contribution >= 4 is 28.7 Å². The lowest BCUT2D eigenvalue weighted by atomic mass is 10.1. The minimum atomic E-state index is -0.452. The molecule has 0 aliphatic carbocycles. The van der Waals surface area contributed by atoms with Crippen molar-refractivity contribution in [2.45, 2.75) is 6.92 Å². The van der Waals surface area contributed by atoms with Gasteiger partial charge < -0.3 is 4.98 Å². The van der Waals surface area contributed by atoms with Gasteiger partial charge in [0, 0.05) is 46.7 Å². The standard InChI is InChI=1S/C16H13N5O3/c1-10-14(9-18-20-16(22)11-3-2-6-17-8-11)13-7-12(21(23)24)4-5-15(13)19-10/h2-9,19H,1H3,(H,20,22)/b18-9-. The smallest absolute Gasteiger partial charge is 0.272 e. The SMILES string of the molecule is Cc1[nH]c2ccc([N+](=O)[O-])cc2c1/C=N\NC(=O)c1cccnc1. The van der Waals surface area contributed by atoms with Gasteiger partial charge in [-0.25, -0.2) is 5.43 Å². The number of hydrazone groups is 1. The molecule has 8 nitrogen and oxygen atoms in total. The topological polar surface area (TPSA) is 113 Å². The fourth-order valence-electron chi connectivity index (χ4n) is 2.33. The number of non-ortho nitro benzene ring substituents is 1. The van der Waals surface area contributed by atoms with Crippen molar-refractivity contribution in [1.29, 1.82) is 0 Å². The molecule has 8 heteroatoms. The number of aromatic amines is 1. The second kappa shape index (κ2) is 6.29. The highest BCUT2D eigenvalue weighted by atomic mass is 16.6. The first-order valence-electron chi connectivity index (χ1n) is 7.06. The number of nitro benzene ring substituents is 1. The molecule has 24 heavy (non-hydrogen) atoms. The van der Waals surface area contributed by atoms with E-state index < -0.39 is 4.92 Å². The van der Waals surface area contributed by atoms with E-state index in [-0.39, 0.29) is 11.6 Å². The van der Waals surface area contributed by atoms with Crippen molar-refractivity contribution in [2.24, 2.45) is 5.10 Å². The summed E-state index contributed by atoms with van der Waals surface area (Å²) < 4.78 is 0. The van der Waals surface area contributed by atoms with Gasteiger partial charge in [-0.15, -0.1) is 0 Å². The van der Waals surface area contributed by atoms with E-state index in [1.54, 1.807) is 24.4 Å². The molecule has 0 radical (unpaired) electrons. The average molecular weight is 323 g/mol. The summed E-state index contributed by atoms with van der Waals surface area (Å²) in [6.45, 7) is 1.83. The number of carbonyl (C=O) groups excluding carboxylic acids is 1. The average Bonchev–Trinajstić information content (AvgIpc) is 2.90. The molecule has 0 bridgehead atoms. The van der Waals surface area contributed by atoms with Gasteiger partial charge in [0.25, 0.3) is 11.6 Å². The van der Waals surface area contributed by atoms with Gasteiger partial charge in [-0.3, -0.25) is 19.9 Å². The first-order chi connectivity index (χ1) is 11.6. The van der Waals surface area contributed by atoms with Gasteiger partial charge in [-0.2, -0.15) is 5.10 Å². The Bertz CT molecular complexity index is 947. The molecule has 2 aromatic heterocycles. The summed E-state index contributed by atoms with van der Waals surface area (Å²) >= 11 is 0. The van der Waals surface area contributed by atoms with Crippen LogP contribution in [0.2, 0.25) is 0 Å². The summed E-state index contributed by atoms with van der Waals surface area (Å²) in [5.41, 5.74) is 5.03. The third-order valence-corrected chi connectivity index (χ3v) is 3.51. The highest BCUT2D eigenvalue weighted by molar-refractivity contribution is 6.02. The molecule has 120 valence electrons. The normalized spacial score (nSPS) is 11.0. The van der Waals surface area contributed by atoms with E-state index in [0.717, 1.165) is 11.2 Å². The first kappa shape index (κ1) is 15.3. The number of H-pyrrole nitrogens is 1. The maximum Gasteiger partial charge on any atom is 0.272 e. The van der Waals surface area contributed by atoms with Crippen molar-refractivity contribution < 1.29 is 9.72 Å². The Kier molecular flexibility index (Phi) is 4.02. The predicted molar refractivity (Wildman–Crippen MR) is 89.0 cm³/mol. The number of amides is 1. The van der Waals surface area contributed by atoms with Crippen LogP contribution < -0.4 is 5.43 Å². The Hall–Kier alpha value is -3.55. The van der Waals surface area contributed by atoms with Crippen molar-refractivity contribution in [3.05, 3.63) is 69.7 Å². The van der Waals surface area contributed by atoms with Gasteiger partial charge in [0.1, 0.15) is 0 Å². The highest BCUT2D eigenvalue weighted by Crippen LogP contribution is 2.25. The van der Waals surface area contributed by atoms with E-state index in [0.29, 0.717) is 16.5 Å². The monoisotopic (exact) mass is 323 g/mol. The first-order valence-corrected chi connectivity index (χ1v) is 7.06. The third kappa shape index (κ3) is 2.98. The molecule has 0 spiro atoms. The Morgan fingerprint density at radius 1 is 1.42 bits per heavy atom. The zero-order chi connectivity index (χ0) is 17.1. The largest absolute Gasteiger partial charge is 0.358 e. The summed E-state index contributed by atoms with van der Waals surface area (Å²) in [7, 11) is 0. The van der Waals surface area contributed by atoms with Crippen molar-refractivity contribution in [1.82, 2.24) is 15.4 Å². The summed E-state index contributed by atoms with van der Waals surface area (Å²) in [6, 6.07) is 7.83. The Morgan fingerprint density at radius 3 is 2.96 bits per heavy atom. The van der Waals surface area contributed by atoms with Crippen LogP contribution >= 0.6 is 0 Å². The molecule has 0 saturated carbocycles. The summed E-state index contributed by atoms with van der Waals surface area (Å²) in [4.78, 5) is 29.4. The lowest BCUT2D eigenvalue weighted by Crippen LogP contribution is -2.17. The second-order valence-electron chi connectivity index (χ2n) is 5.09. The summed E-state index contributed by atoms with van der Waals surface area (Å²) in [5, 5.41) is 15.5. The number of nitrogens with one attached hydrogen (secondary N) is 2. The van der Waals surface area contributed by atoms with Crippen LogP contribution in [-0.4, -0.2) is 27.0 Å². The molecule has 0 aliphatic heterocycles. The van der Waals surface area contributed by atoms with E-state index in [4.69, 9.17) is 0 Å². The van der Waals surface area contributed by atoms with Crippen LogP contribution in [-0.2, 0) is 0 Å². The van der Waals surface area contributed by atoms with E-state index in [1.807, 2.05) is 6.92 Å². The molecule has 3 rings (SSSR count). The second-order valence-corrected chi connectivity index (χ2v) is 5.09. The minimum absolute atomic E-state index is 0.00412. The Morgan fingerprint density at radius 2 is 2.25 bits per heavy atom. The number of hydrogen-bond acceptors (Lipinski definition) is 5. The number of hydrogen-bond donors (Lipinski definition) is 2. The van der Waals surface area contributed by atoms with Gasteiger partial charge in [0.2, 0.25) is 0 Å². The van der Waals surface area contributed by atoms with Crippen LogP contribution in [0.15, 0.2) is 47.8 Å². The number of fused-ring (bicyclic) bond motifs is 1. The van der Waals surface area contributed by atoms with Crippen molar-refractivity contribution in [3.8, 4) is 0 Å². The fraction of sp³-hybridized carbons (Fsp3) is 0.0625. The Labute approximate surface area is 136 Å². The zero-order valence-electron chi connectivity index (χ0n) is 12.7. The van der Waals surface area contributed by atoms with Crippen molar-refractivity contribution in [2.75, 3.05) is 0 Å². The summed E-state index contributed by atoms with van der Waals surface area (Å²) in [6.07, 6.45) is 4.47. The maximum atomic E-state index is 11.9. The van der Waals surface area contributed by atoms with E-state index >= 15 is 0 Å². The number of pyridine rings is 1. The number of rotatable bonds is 4. The van der Waals surface area contributed by atoms with E-state index in [9.17, 15) is 14.9 Å². The van der Waals surface area contributed by atoms with Crippen LogP contribution in [0.25, 0.3) is 10.9 Å². The van der Waals surface area contributed by atoms with Gasteiger partial charge in [0.05, 0.1) is 16.7 Å². The molecule has 2 N–H and O–H groups in total. The quantitative estimate of drug-likeness (QED) is 0.436. The van der Waals surface area contributed by atoms with Crippen LogP contribution in [0, 0.1) is 17.0 Å². The van der Waals surface area contributed by atoms with Crippen LogP contribution in [0.4, 0.5) is 5.69 Å². The van der Waals surface area contributed by atoms with Crippen LogP contribution in [0.3, 0.4) is 0 Å². The third-order valence-electron chi connectivity index (χ3n) is 3.51. The molecule has 0 fully saturated rings. The number of aromatic nitrogens is 2. The molecule has 0 saturated heterocycles. The van der Waals surface area contributed by atoms with Gasteiger partial charge in [0.15, 0.2) is 0 Å². The molecule has 0 atom stereocenters. The molecular formula is C16H13N5O3. The molecule has 2 heterocycles. The van der Waals surface area contributed by atoms with Crippen molar-refractivity contribution in [3.63, 3.8) is 0 Å². The van der Waals surface area contributed by atoms with Gasteiger partial charge in [-0.05, 0) is 25.1 Å². The predicted octanol–water partition coefficient (Wildman–Crippen LogP) is 2.54. The van der Waals surface area contributed by atoms with Crippen LogP contribution in [0.5, 0.6) is 0 Å². The highest BCUT2D eigenvalue weighted by Gasteiger charge is 2.12. The minimum Gasteiger partial charge on any atom is -0.358 e. The number of nitrogens with zero attached hydrogens (tertiary/aromatic N) is 3. The number of benzene rings is 1. The zero-order valence-corrected chi connectivity index (χ0v) is 12.7. The number of nitro groups is 1. The molecule has 1 aromatic carbocycles. The van der Waals surface area contributed by atoms with E-state index in [1.165, 1.54) is 24.5 Å². The molecule has 3 aromatic rings. The summed E-state index contributed by atoms with van der Waals surface area (Å²) in [5.74, 6) is -0.386. The fourth-order valence-corrected chi connectivity index (χ4v) is 2.33. The van der Waals surface area contributed by atoms with Crippen LogP contribution in [0.1, 0.15) is 21.6 Å². The molecule has 0 unspecified atom stereocenters. The van der Waals surface area contributed by atoms with Gasteiger partial charge in [-0.1, -0.05) is 0 Å². The van der Waals surface area contributed by atoms with Gasteiger partial charge >= 0.3 is 0 Å². The number of aryl methyl sites for hydroxylation is 1. The van der Waals surface area contributed by atoms with E-state index in [2.05, 4.69) is 20.5 Å². The maximum absolute atomic E-state index is 11.9. The Balaban J connectivity index is 1.86. The lowest BCUT2D eigenvalue weighted by Gasteiger charge is -1.98.